The number of anilines is 4. The molecule has 12 heteroatoms. The average Bonchev–Trinajstić information content (AvgIpc) is 3.26. The van der Waals surface area contributed by atoms with Crippen molar-refractivity contribution in [1.29, 1.82) is 0 Å². The second-order valence-corrected chi connectivity index (χ2v) is 7.13. The summed E-state index contributed by atoms with van der Waals surface area (Å²) >= 11 is 0. The number of carbonyl (C=O) groups is 1. The first-order valence-corrected chi connectivity index (χ1v) is 10.4. The van der Waals surface area contributed by atoms with E-state index >= 15 is 0 Å². The molecule has 0 unspecified atom stereocenters. The first-order chi connectivity index (χ1) is 17.5. The highest BCUT2D eigenvalue weighted by Crippen LogP contribution is 2.33. The molecule has 182 valence electrons. The molecular formula is C24H19FN6O5. The minimum absolute atomic E-state index is 0.0290. The standard InChI is InChI=1S/C23H17FN6O3.CH2O2/c1-32-19-6-4-14(9-16(19)13-3-2-8-25-11-13)28-22-26-12-17(24)21(30-22)27-15-5-7-20-18(10-15)29-23(31)33-20;2-1-3/h2-12H,1H3,(H,29,31)(H2,26,27,28,30);1H,(H,2,3). The van der Waals surface area contributed by atoms with E-state index in [1.165, 1.54) is 0 Å². The number of oxazole rings is 1. The summed E-state index contributed by atoms with van der Waals surface area (Å²) in [4.78, 5) is 34.7. The van der Waals surface area contributed by atoms with E-state index < -0.39 is 11.6 Å². The first-order valence-electron chi connectivity index (χ1n) is 10.4. The first kappa shape index (κ1) is 23.9. The SMILES string of the molecule is COc1ccc(Nc2ncc(F)c(Nc3ccc4oc(=O)[nH]c4c3)n2)cc1-c1cccnc1.O=CO. The molecule has 0 saturated carbocycles. The number of rotatable bonds is 6. The minimum Gasteiger partial charge on any atom is -0.496 e. The third kappa shape index (κ3) is 5.44. The molecule has 0 atom stereocenters. The number of nitrogens with one attached hydrogen (secondary N) is 3. The molecule has 0 spiro atoms. The van der Waals surface area contributed by atoms with Gasteiger partial charge in [-0.05, 0) is 42.5 Å². The molecule has 0 bridgehead atoms. The van der Waals surface area contributed by atoms with E-state index in [0.29, 0.717) is 28.2 Å². The van der Waals surface area contributed by atoms with Crippen LogP contribution < -0.4 is 21.1 Å². The third-order valence-electron chi connectivity index (χ3n) is 4.85. The van der Waals surface area contributed by atoms with Gasteiger partial charge in [0.2, 0.25) is 5.95 Å². The number of benzene rings is 2. The van der Waals surface area contributed by atoms with E-state index in [0.717, 1.165) is 17.3 Å². The summed E-state index contributed by atoms with van der Waals surface area (Å²) in [6.45, 7) is -0.250. The van der Waals surface area contributed by atoms with Crippen LogP contribution in [-0.4, -0.2) is 38.6 Å². The summed E-state index contributed by atoms with van der Waals surface area (Å²) < 4.78 is 24.8. The predicted octanol–water partition coefficient (Wildman–Crippen LogP) is 4.31. The van der Waals surface area contributed by atoms with Crippen molar-refractivity contribution in [1.82, 2.24) is 19.9 Å². The Bertz CT molecular complexity index is 1550. The summed E-state index contributed by atoms with van der Waals surface area (Å²) in [5, 5.41) is 12.9. The topological polar surface area (TPSA) is 155 Å². The smallest absolute Gasteiger partial charge is 0.417 e. The Labute approximate surface area is 202 Å². The third-order valence-corrected chi connectivity index (χ3v) is 4.85. The Morgan fingerprint density at radius 3 is 2.64 bits per heavy atom. The molecule has 0 aliphatic rings. The second kappa shape index (κ2) is 10.8. The normalized spacial score (nSPS) is 10.3. The van der Waals surface area contributed by atoms with Gasteiger partial charge < -0.3 is 24.9 Å². The van der Waals surface area contributed by atoms with E-state index in [1.54, 1.807) is 37.7 Å². The quantitative estimate of drug-likeness (QED) is 0.253. The zero-order valence-electron chi connectivity index (χ0n) is 18.7. The summed E-state index contributed by atoms with van der Waals surface area (Å²) in [7, 11) is 1.60. The molecule has 4 N–H and O–H groups in total. The van der Waals surface area contributed by atoms with Crippen molar-refractivity contribution in [3.63, 3.8) is 0 Å². The second-order valence-electron chi connectivity index (χ2n) is 7.13. The fourth-order valence-electron chi connectivity index (χ4n) is 3.34. The van der Waals surface area contributed by atoms with Crippen LogP contribution in [0.15, 0.2) is 76.3 Å². The number of ether oxygens (including phenoxy) is 1. The Balaban J connectivity index is 0.000000967. The summed E-state index contributed by atoms with van der Waals surface area (Å²) in [6, 6.07) is 14.1. The van der Waals surface area contributed by atoms with Gasteiger partial charge in [0, 0.05) is 34.9 Å². The van der Waals surface area contributed by atoms with Crippen LogP contribution in [0.25, 0.3) is 22.2 Å². The summed E-state index contributed by atoms with van der Waals surface area (Å²) in [5.41, 5.74) is 3.81. The fourth-order valence-corrected chi connectivity index (χ4v) is 3.34. The molecule has 36 heavy (non-hydrogen) atoms. The van der Waals surface area contributed by atoms with Crippen LogP contribution in [0, 0.1) is 5.82 Å². The lowest BCUT2D eigenvalue weighted by atomic mass is 10.1. The van der Waals surface area contributed by atoms with Crippen molar-refractivity contribution >= 4 is 40.7 Å². The van der Waals surface area contributed by atoms with Gasteiger partial charge >= 0.3 is 5.76 Å². The van der Waals surface area contributed by atoms with Crippen LogP contribution in [0.5, 0.6) is 5.75 Å². The molecular weight excluding hydrogens is 471 g/mol. The number of hydrogen-bond acceptors (Lipinski definition) is 9. The maximum absolute atomic E-state index is 14.4. The van der Waals surface area contributed by atoms with Crippen LogP contribution in [-0.2, 0) is 4.79 Å². The maximum atomic E-state index is 14.4. The van der Waals surface area contributed by atoms with Gasteiger partial charge in [0.1, 0.15) is 5.75 Å². The molecule has 3 aromatic heterocycles. The molecule has 2 aromatic carbocycles. The van der Waals surface area contributed by atoms with Gasteiger partial charge in [-0.25, -0.2) is 14.2 Å². The van der Waals surface area contributed by atoms with E-state index in [2.05, 4.69) is 30.6 Å². The number of methoxy groups -OCH3 is 1. The van der Waals surface area contributed by atoms with Crippen LogP contribution in [0.1, 0.15) is 0 Å². The number of hydrogen-bond donors (Lipinski definition) is 4. The Morgan fingerprint density at radius 2 is 1.89 bits per heavy atom. The zero-order chi connectivity index (χ0) is 25.5. The van der Waals surface area contributed by atoms with Crippen LogP contribution in [0.4, 0.5) is 27.5 Å². The fraction of sp³-hybridized carbons (Fsp3) is 0.0417. The van der Waals surface area contributed by atoms with Crippen molar-refractivity contribution < 1.29 is 23.4 Å². The Hall–Kier alpha value is -5.26. The number of nitrogens with zero attached hydrogens (tertiary/aromatic N) is 3. The number of carboxylic acid groups (broad SMARTS) is 1. The lowest BCUT2D eigenvalue weighted by molar-refractivity contribution is -0.122. The number of halogens is 1. The van der Waals surface area contributed by atoms with Gasteiger partial charge in [-0.15, -0.1) is 0 Å². The molecule has 3 heterocycles. The highest BCUT2D eigenvalue weighted by molar-refractivity contribution is 5.78. The molecule has 0 saturated heterocycles. The van der Waals surface area contributed by atoms with Crippen molar-refractivity contribution in [3.8, 4) is 16.9 Å². The Kier molecular flexibility index (Phi) is 7.15. The molecule has 0 radical (unpaired) electrons. The van der Waals surface area contributed by atoms with Crippen LogP contribution >= 0.6 is 0 Å². The van der Waals surface area contributed by atoms with Gasteiger partial charge in [0.15, 0.2) is 17.2 Å². The molecule has 0 aliphatic carbocycles. The number of pyridine rings is 1. The van der Waals surface area contributed by atoms with E-state index in [9.17, 15) is 9.18 Å². The molecule has 0 aliphatic heterocycles. The average molecular weight is 490 g/mol. The zero-order valence-corrected chi connectivity index (χ0v) is 18.7. The predicted molar refractivity (Wildman–Crippen MR) is 130 cm³/mol. The summed E-state index contributed by atoms with van der Waals surface area (Å²) in [6.07, 6.45) is 4.50. The number of aromatic amines is 1. The van der Waals surface area contributed by atoms with Crippen molar-refractivity contribution in [2.75, 3.05) is 17.7 Å². The molecule has 0 amide bonds. The Morgan fingerprint density at radius 1 is 1.11 bits per heavy atom. The lowest BCUT2D eigenvalue weighted by Gasteiger charge is -2.13. The number of H-pyrrole nitrogens is 1. The molecule has 11 nitrogen and oxygen atoms in total. The molecule has 0 fully saturated rings. The van der Waals surface area contributed by atoms with Crippen molar-refractivity contribution in [2.45, 2.75) is 0 Å². The van der Waals surface area contributed by atoms with E-state index in [-0.39, 0.29) is 18.2 Å². The maximum Gasteiger partial charge on any atom is 0.417 e. The van der Waals surface area contributed by atoms with Gasteiger partial charge in [-0.1, -0.05) is 6.07 Å². The highest BCUT2D eigenvalue weighted by Gasteiger charge is 2.12. The largest absolute Gasteiger partial charge is 0.496 e. The van der Waals surface area contributed by atoms with Crippen molar-refractivity contribution in [2.24, 2.45) is 0 Å². The van der Waals surface area contributed by atoms with Gasteiger partial charge in [0.05, 0.1) is 18.8 Å². The van der Waals surface area contributed by atoms with E-state index in [1.807, 2.05) is 30.3 Å². The van der Waals surface area contributed by atoms with Gasteiger partial charge in [0.25, 0.3) is 6.47 Å². The highest BCUT2D eigenvalue weighted by atomic mass is 19.1. The number of fused-ring (bicyclic) bond motifs is 1. The lowest BCUT2D eigenvalue weighted by Crippen LogP contribution is -2.03. The van der Waals surface area contributed by atoms with Gasteiger partial charge in [-0.3, -0.25) is 14.8 Å². The van der Waals surface area contributed by atoms with E-state index in [4.69, 9.17) is 19.1 Å². The monoisotopic (exact) mass is 490 g/mol. The minimum atomic E-state index is -0.632. The van der Waals surface area contributed by atoms with Crippen LogP contribution in [0.2, 0.25) is 0 Å². The molecule has 5 aromatic rings. The number of aromatic nitrogens is 4. The van der Waals surface area contributed by atoms with Crippen molar-refractivity contribution in [3.05, 3.63) is 83.5 Å². The van der Waals surface area contributed by atoms with Crippen LogP contribution in [0.3, 0.4) is 0 Å². The summed E-state index contributed by atoms with van der Waals surface area (Å²) in [5.74, 6) is -0.347. The molecule has 5 rings (SSSR count). The van der Waals surface area contributed by atoms with Gasteiger partial charge in [-0.2, -0.15) is 4.98 Å².